The lowest BCUT2D eigenvalue weighted by Gasteiger charge is -2.60. The Labute approximate surface area is 238 Å². The van der Waals surface area contributed by atoms with Crippen LogP contribution in [-0.2, 0) is 22.8 Å². The molecule has 1 amide bonds. The van der Waals surface area contributed by atoms with Gasteiger partial charge in [0.2, 0.25) is 0 Å². The number of alkyl halides is 3. The monoisotopic (exact) mass is 568 g/mol. The Balaban J connectivity index is 1.38. The summed E-state index contributed by atoms with van der Waals surface area (Å²) in [5.41, 5.74) is 1.20. The Morgan fingerprint density at radius 2 is 2.00 bits per heavy atom. The number of carbonyl (C=O) groups excluding carboxylic acids is 1. The highest BCUT2D eigenvalue weighted by Gasteiger charge is 2.66. The first kappa shape index (κ1) is 27.8. The number of benzene rings is 2. The second kappa shape index (κ2) is 9.87. The van der Waals surface area contributed by atoms with E-state index in [-0.39, 0.29) is 41.2 Å². The highest BCUT2D eigenvalue weighted by molar-refractivity contribution is 5.94. The predicted octanol–water partition coefficient (Wildman–Crippen LogP) is 4.99. The van der Waals surface area contributed by atoms with Gasteiger partial charge >= 0.3 is 6.18 Å². The molecule has 5 atom stereocenters. The Bertz CT molecular complexity index is 1430. The van der Waals surface area contributed by atoms with E-state index in [0.717, 1.165) is 55.5 Å². The van der Waals surface area contributed by atoms with Gasteiger partial charge in [-0.25, -0.2) is 0 Å². The molecule has 41 heavy (non-hydrogen) atoms. The van der Waals surface area contributed by atoms with Crippen LogP contribution in [0.5, 0.6) is 17.2 Å². The normalized spacial score (nSPS) is 27.9. The molecule has 2 aromatic carbocycles. The molecule has 2 aromatic rings. The molecule has 1 N–H and O–H groups in total. The van der Waals surface area contributed by atoms with Crippen LogP contribution in [-0.4, -0.2) is 66.2 Å². The maximum absolute atomic E-state index is 13.7. The number of phenolic OH excluding ortho intramolecular Hbond substituents is 1. The molecule has 2 aliphatic carbocycles. The maximum atomic E-state index is 13.7. The average Bonchev–Trinajstić information content (AvgIpc) is 3.27. The van der Waals surface area contributed by atoms with E-state index < -0.39 is 11.7 Å². The van der Waals surface area contributed by atoms with Crippen LogP contribution in [0.4, 0.5) is 13.2 Å². The fourth-order valence-electron chi connectivity index (χ4n) is 7.94. The van der Waals surface area contributed by atoms with Gasteiger partial charge < -0.3 is 24.4 Å². The molecule has 0 unspecified atom stereocenters. The van der Waals surface area contributed by atoms with Crippen LogP contribution < -0.4 is 9.47 Å². The van der Waals surface area contributed by atoms with Gasteiger partial charge in [0.05, 0.1) is 18.7 Å². The van der Waals surface area contributed by atoms with Crippen molar-refractivity contribution in [3.8, 4) is 29.1 Å². The third kappa shape index (κ3) is 4.34. The van der Waals surface area contributed by atoms with Crippen molar-refractivity contribution in [2.24, 2.45) is 11.8 Å². The number of hydrogen-bond acceptors (Lipinski definition) is 5. The van der Waals surface area contributed by atoms with Gasteiger partial charge in [0.1, 0.15) is 11.9 Å². The van der Waals surface area contributed by atoms with Gasteiger partial charge in [-0.1, -0.05) is 19.8 Å². The lowest BCUT2D eigenvalue weighted by atomic mass is 9.51. The van der Waals surface area contributed by atoms with E-state index in [2.05, 4.69) is 23.8 Å². The molecule has 2 fully saturated rings. The van der Waals surface area contributed by atoms with Crippen LogP contribution in [0.3, 0.4) is 0 Å². The van der Waals surface area contributed by atoms with Gasteiger partial charge in [0.15, 0.2) is 11.5 Å². The Hall–Kier alpha value is -3.38. The second-order valence-corrected chi connectivity index (χ2v) is 12.3. The van der Waals surface area contributed by atoms with E-state index in [1.165, 1.54) is 12.1 Å². The van der Waals surface area contributed by atoms with Gasteiger partial charge in [0.25, 0.3) is 5.91 Å². The fourth-order valence-corrected chi connectivity index (χ4v) is 7.94. The van der Waals surface area contributed by atoms with E-state index in [1.54, 1.807) is 13.2 Å². The molecule has 1 saturated carbocycles. The van der Waals surface area contributed by atoms with Crippen molar-refractivity contribution in [3.05, 3.63) is 52.6 Å². The number of nitrogens with zero attached hydrogens (tertiary/aromatic N) is 2. The lowest BCUT2D eigenvalue weighted by molar-refractivity contribution is -0.138. The number of carbonyl (C=O) groups is 1. The number of ether oxygens (including phenoxy) is 2. The van der Waals surface area contributed by atoms with Gasteiger partial charge in [-0.15, -0.1) is 0 Å². The first-order valence-electron chi connectivity index (χ1n) is 14.3. The molecular formula is C32H35F3N2O4. The summed E-state index contributed by atoms with van der Waals surface area (Å²) in [5, 5.41) is 11.1. The molecule has 218 valence electrons. The molecule has 6 rings (SSSR count). The molecule has 1 saturated heterocycles. The lowest BCUT2D eigenvalue weighted by Crippen LogP contribution is -2.68. The number of likely N-dealkylation sites (tertiary alicyclic amines) is 1. The van der Waals surface area contributed by atoms with Crippen molar-refractivity contribution >= 4 is 5.91 Å². The molecule has 1 spiro atoms. The van der Waals surface area contributed by atoms with Crippen LogP contribution >= 0.6 is 0 Å². The van der Waals surface area contributed by atoms with Crippen molar-refractivity contribution < 1.29 is 32.5 Å². The fraction of sp³-hybridized carbons (Fsp3) is 0.531. The zero-order chi connectivity index (χ0) is 29.3. The first-order valence-corrected chi connectivity index (χ1v) is 14.3. The molecule has 6 nitrogen and oxygen atoms in total. The second-order valence-electron chi connectivity index (χ2n) is 12.3. The molecule has 2 heterocycles. The third-order valence-corrected chi connectivity index (χ3v) is 9.62. The number of methoxy groups -OCH3 is 1. The van der Waals surface area contributed by atoms with Crippen molar-refractivity contribution in [3.63, 3.8) is 0 Å². The molecule has 0 radical (unpaired) electrons. The van der Waals surface area contributed by atoms with E-state index in [1.807, 2.05) is 18.7 Å². The SMILES string of the molecule is COc1cc(O)c2c3c1O[C@H]1[C@@H](N(CC(C)C)C(=O)C#Cc4ccc(C(F)(F)F)cc4)CC[C@H]4[C@@H](C2)N(C)CC[C@@]341. The number of rotatable bonds is 4. The molecule has 2 bridgehead atoms. The zero-order valence-electron chi connectivity index (χ0n) is 23.7. The van der Waals surface area contributed by atoms with Gasteiger partial charge in [-0.2, -0.15) is 13.2 Å². The largest absolute Gasteiger partial charge is 0.508 e. The standard InChI is InChI=1S/C32H35F3N2O4/c1-18(2)17-37(27(39)12-7-19-5-8-20(9-6-19)32(33,34)35)23-11-10-22-24-15-21-25(38)16-26(40-4)29-28(21)31(22,30(23)41-29)13-14-36(24)3/h5-6,8-9,16,18,22-24,30,38H,10-11,13-15,17H2,1-4H3/t22-,23-,24+,30-,31-/m0/s1. The van der Waals surface area contributed by atoms with Crippen LogP contribution in [0.2, 0.25) is 0 Å². The number of piperidine rings is 1. The van der Waals surface area contributed by atoms with E-state index in [4.69, 9.17) is 9.47 Å². The maximum Gasteiger partial charge on any atom is 0.416 e. The summed E-state index contributed by atoms with van der Waals surface area (Å²) in [6.45, 7) is 5.45. The summed E-state index contributed by atoms with van der Waals surface area (Å²) in [5.74, 6) is 7.02. The Morgan fingerprint density at radius 3 is 2.66 bits per heavy atom. The summed E-state index contributed by atoms with van der Waals surface area (Å²) >= 11 is 0. The molecule has 9 heteroatoms. The molecule has 0 aromatic heterocycles. The van der Waals surface area contributed by atoms with Crippen molar-refractivity contribution in [1.82, 2.24) is 9.80 Å². The van der Waals surface area contributed by atoms with Crippen molar-refractivity contribution in [2.45, 2.75) is 69.3 Å². The summed E-state index contributed by atoms with van der Waals surface area (Å²) in [7, 11) is 3.72. The highest BCUT2D eigenvalue weighted by atomic mass is 19.4. The number of aromatic hydroxyl groups is 1. The zero-order valence-corrected chi connectivity index (χ0v) is 23.7. The van der Waals surface area contributed by atoms with E-state index in [9.17, 15) is 23.1 Å². The van der Waals surface area contributed by atoms with Crippen LogP contribution in [0.1, 0.15) is 55.4 Å². The minimum absolute atomic E-state index is 0.163. The first-order chi connectivity index (χ1) is 19.5. The summed E-state index contributed by atoms with van der Waals surface area (Å²) < 4.78 is 51.4. The predicted molar refractivity (Wildman–Crippen MR) is 147 cm³/mol. The summed E-state index contributed by atoms with van der Waals surface area (Å²) in [6.07, 6.45) is -1.51. The summed E-state index contributed by atoms with van der Waals surface area (Å²) in [6, 6.07) is 6.18. The molecular weight excluding hydrogens is 533 g/mol. The van der Waals surface area contributed by atoms with Crippen molar-refractivity contribution in [2.75, 3.05) is 27.2 Å². The van der Waals surface area contributed by atoms with Crippen molar-refractivity contribution in [1.29, 1.82) is 0 Å². The number of amides is 1. The Kier molecular flexibility index (Phi) is 6.68. The number of phenols is 1. The molecule has 2 aliphatic heterocycles. The molecule has 4 aliphatic rings. The Morgan fingerprint density at radius 1 is 1.27 bits per heavy atom. The van der Waals surface area contributed by atoms with Gasteiger partial charge in [0, 0.05) is 46.7 Å². The third-order valence-electron chi connectivity index (χ3n) is 9.62. The number of likely N-dealkylation sites (N-methyl/N-ethyl adjacent to an activating group) is 1. The van der Waals surface area contributed by atoms with E-state index in [0.29, 0.717) is 29.5 Å². The minimum atomic E-state index is -4.43. The van der Waals surface area contributed by atoms with E-state index >= 15 is 0 Å². The van der Waals surface area contributed by atoms with Crippen LogP contribution in [0.25, 0.3) is 0 Å². The van der Waals surface area contributed by atoms with Crippen LogP contribution in [0.15, 0.2) is 30.3 Å². The topological polar surface area (TPSA) is 62.2 Å². The smallest absolute Gasteiger partial charge is 0.416 e. The number of hydrogen-bond donors (Lipinski definition) is 1. The number of halogens is 3. The minimum Gasteiger partial charge on any atom is -0.508 e. The van der Waals surface area contributed by atoms with Gasteiger partial charge in [-0.05, 0) is 75.4 Å². The average molecular weight is 569 g/mol. The van der Waals surface area contributed by atoms with Crippen LogP contribution in [0, 0.1) is 23.7 Å². The highest BCUT2D eigenvalue weighted by Crippen LogP contribution is 2.65. The quantitative estimate of drug-likeness (QED) is 0.527. The summed E-state index contributed by atoms with van der Waals surface area (Å²) in [4.78, 5) is 18.0. The van der Waals surface area contributed by atoms with Gasteiger partial charge in [-0.3, -0.25) is 4.79 Å².